The van der Waals surface area contributed by atoms with Crippen LogP contribution in [0.4, 0.5) is 0 Å². The standard InChI is InChI=1S/C26H31N3O4S/c1-4-33-14-8-13-27-25(31)24-23-20-11-5-6-12-21(20)28(2)26(23)34-17-22(30)29(24)16-18-9-7-10-19(15-18)32-3/h5-7,9-12,15,24H,4,8,13-14,16-17H2,1-3H3,(H,27,31). The van der Waals surface area contributed by atoms with E-state index in [2.05, 4.69) is 16.0 Å². The normalized spacial score (nSPS) is 15.8. The number of ether oxygens (including phenoxy) is 2. The highest BCUT2D eigenvalue weighted by atomic mass is 32.2. The average molecular weight is 482 g/mol. The lowest BCUT2D eigenvalue weighted by molar-refractivity contribution is -0.139. The second-order valence-corrected chi connectivity index (χ2v) is 9.16. The van der Waals surface area contributed by atoms with Crippen LogP contribution in [0.15, 0.2) is 53.6 Å². The first-order valence-electron chi connectivity index (χ1n) is 11.5. The summed E-state index contributed by atoms with van der Waals surface area (Å²) in [6.07, 6.45) is 0.716. The number of carbonyl (C=O) groups is 2. The maximum Gasteiger partial charge on any atom is 0.247 e. The summed E-state index contributed by atoms with van der Waals surface area (Å²) >= 11 is 1.50. The molecule has 1 aliphatic rings. The molecule has 2 heterocycles. The Morgan fingerprint density at radius 3 is 2.82 bits per heavy atom. The summed E-state index contributed by atoms with van der Waals surface area (Å²) in [6.45, 7) is 3.99. The summed E-state index contributed by atoms with van der Waals surface area (Å²) < 4.78 is 12.9. The van der Waals surface area contributed by atoms with E-state index in [0.717, 1.165) is 32.8 Å². The van der Waals surface area contributed by atoms with Crippen LogP contribution in [0.3, 0.4) is 0 Å². The van der Waals surface area contributed by atoms with Crippen LogP contribution < -0.4 is 10.1 Å². The zero-order valence-corrected chi connectivity index (χ0v) is 20.7. The minimum atomic E-state index is -0.734. The molecule has 0 bridgehead atoms. The molecule has 1 aliphatic heterocycles. The van der Waals surface area contributed by atoms with Crippen molar-refractivity contribution >= 4 is 34.5 Å². The van der Waals surface area contributed by atoms with Gasteiger partial charge in [-0.25, -0.2) is 0 Å². The number of hydrogen-bond donors (Lipinski definition) is 1. The Morgan fingerprint density at radius 1 is 1.21 bits per heavy atom. The van der Waals surface area contributed by atoms with Crippen molar-refractivity contribution in [1.82, 2.24) is 14.8 Å². The van der Waals surface area contributed by atoms with Crippen molar-refractivity contribution in [3.63, 3.8) is 0 Å². The third-order valence-electron chi connectivity index (χ3n) is 6.03. The van der Waals surface area contributed by atoms with Gasteiger partial charge in [-0.2, -0.15) is 0 Å². The van der Waals surface area contributed by atoms with E-state index in [9.17, 15) is 9.59 Å². The van der Waals surface area contributed by atoms with Gasteiger partial charge in [0, 0.05) is 49.8 Å². The number of carbonyl (C=O) groups excluding carboxylic acids is 2. The van der Waals surface area contributed by atoms with E-state index in [4.69, 9.17) is 9.47 Å². The number of hydrogen-bond acceptors (Lipinski definition) is 5. The highest BCUT2D eigenvalue weighted by Crippen LogP contribution is 2.42. The van der Waals surface area contributed by atoms with Crippen molar-refractivity contribution in [1.29, 1.82) is 0 Å². The molecule has 0 fully saturated rings. The number of aryl methyl sites for hydroxylation is 1. The fourth-order valence-corrected chi connectivity index (χ4v) is 5.49. The van der Waals surface area contributed by atoms with Crippen LogP contribution in [0.2, 0.25) is 0 Å². The average Bonchev–Trinajstić information content (AvgIpc) is 3.04. The predicted molar refractivity (Wildman–Crippen MR) is 134 cm³/mol. The Bertz CT molecular complexity index is 1180. The van der Waals surface area contributed by atoms with Gasteiger partial charge in [-0.05, 0) is 37.1 Å². The van der Waals surface area contributed by atoms with Gasteiger partial charge in [-0.1, -0.05) is 42.1 Å². The monoisotopic (exact) mass is 481 g/mol. The number of amides is 2. The number of methoxy groups -OCH3 is 1. The number of fused-ring (bicyclic) bond motifs is 3. The van der Waals surface area contributed by atoms with Crippen LogP contribution in [0.1, 0.15) is 30.5 Å². The molecule has 0 saturated carbocycles. The quantitative estimate of drug-likeness (QED) is 0.469. The molecule has 0 aliphatic carbocycles. The summed E-state index contributed by atoms with van der Waals surface area (Å²) in [6, 6.07) is 15.0. The zero-order valence-electron chi connectivity index (χ0n) is 19.9. The van der Waals surface area contributed by atoms with Crippen molar-refractivity contribution in [2.75, 3.05) is 32.6 Å². The van der Waals surface area contributed by atoms with Gasteiger partial charge < -0.3 is 24.3 Å². The highest BCUT2D eigenvalue weighted by molar-refractivity contribution is 8.00. The van der Waals surface area contributed by atoms with Crippen LogP contribution in [-0.2, 0) is 27.9 Å². The number of nitrogens with one attached hydrogen (secondary N) is 1. The lowest BCUT2D eigenvalue weighted by Crippen LogP contribution is -2.43. The van der Waals surface area contributed by atoms with Gasteiger partial charge >= 0.3 is 0 Å². The number of thioether (sulfide) groups is 1. The van der Waals surface area contributed by atoms with Crippen molar-refractivity contribution in [3.8, 4) is 5.75 Å². The second-order valence-electron chi connectivity index (χ2n) is 8.20. The van der Waals surface area contributed by atoms with Gasteiger partial charge in [0.25, 0.3) is 0 Å². The van der Waals surface area contributed by atoms with Crippen molar-refractivity contribution in [2.45, 2.75) is 31.0 Å². The second kappa shape index (κ2) is 11.0. The number of rotatable bonds is 9. The molecule has 0 radical (unpaired) electrons. The number of aromatic nitrogens is 1. The third-order valence-corrected chi connectivity index (χ3v) is 7.19. The Labute approximate surface area is 204 Å². The molecule has 2 amide bonds. The van der Waals surface area contributed by atoms with Gasteiger partial charge in [-0.15, -0.1) is 0 Å². The Balaban J connectivity index is 1.74. The predicted octanol–water partition coefficient (Wildman–Crippen LogP) is 3.91. The molecule has 180 valence electrons. The lowest BCUT2D eigenvalue weighted by Gasteiger charge is -2.30. The lowest BCUT2D eigenvalue weighted by atomic mass is 10.0. The molecule has 1 atom stereocenters. The highest BCUT2D eigenvalue weighted by Gasteiger charge is 2.38. The van der Waals surface area contributed by atoms with Gasteiger partial charge in [0.1, 0.15) is 11.8 Å². The first-order chi connectivity index (χ1) is 16.5. The summed E-state index contributed by atoms with van der Waals surface area (Å²) in [5.74, 6) is 0.752. The Kier molecular flexibility index (Phi) is 7.80. The van der Waals surface area contributed by atoms with Crippen LogP contribution in [0.5, 0.6) is 5.75 Å². The molecule has 7 nitrogen and oxygen atoms in total. The van der Waals surface area contributed by atoms with E-state index >= 15 is 0 Å². The Hall–Kier alpha value is -2.97. The smallest absolute Gasteiger partial charge is 0.247 e. The van der Waals surface area contributed by atoms with Crippen molar-refractivity contribution in [2.24, 2.45) is 7.05 Å². The van der Waals surface area contributed by atoms with Crippen molar-refractivity contribution in [3.05, 3.63) is 59.7 Å². The molecule has 8 heteroatoms. The fraction of sp³-hybridized carbons (Fsp3) is 0.385. The first-order valence-corrected chi connectivity index (χ1v) is 12.5. The molecule has 1 unspecified atom stereocenters. The maximum atomic E-state index is 13.7. The van der Waals surface area contributed by atoms with E-state index in [1.54, 1.807) is 12.0 Å². The van der Waals surface area contributed by atoms with E-state index in [-0.39, 0.29) is 17.6 Å². The molecule has 1 N–H and O–H groups in total. The molecule has 4 rings (SSSR count). The van der Waals surface area contributed by atoms with Crippen molar-refractivity contribution < 1.29 is 19.1 Å². The largest absolute Gasteiger partial charge is 0.497 e. The molecule has 2 aromatic carbocycles. The number of nitrogens with zero attached hydrogens (tertiary/aromatic N) is 2. The van der Waals surface area contributed by atoms with Crippen LogP contribution >= 0.6 is 11.8 Å². The molecular weight excluding hydrogens is 450 g/mol. The number of benzene rings is 2. The SMILES string of the molecule is CCOCCCNC(=O)C1c2c(n(C)c3ccccc23)SCC(=O)N1Cc1cccc(OC)c1. The van der Waals surface area contributed by atoms with Gasteiger partial charge in [-0.3, -0.25) is 9.59 Å². The first kappa shape index (κ1) is 24.2. The zero-order chi connectivity index (χ0) is 24.1. The Morgan fingerprint density at radius 2 is 2.03 bits per heavy atom. The summed E-state index contributed by atoms with van der Waals surface area (Å²) in [7, 11) is 3.61. The minimum Gasteiger partial charge on any atom is -0.497 e. The third kappa shape index (κ3) is 4.93. The van der Waals surface area contributed by atoms with E-state index in [1.807, 2.05) is 56.4 Å². The molecule has 0 saturated heterocycles. The van der Waals surface area contributed by atoms with E-state index in [0.29, 0.717) is 32.7 Å². The maximum absolute atomic E-state index is 13.7. The van der Waals surface area contributed by atoms with Gasteiger partial charge in [0.15, 0.2) is 0 Å². The summed E-state index contributed by atoms with van der Waals surface area (Å²) in [4.78, 5) is 28.8. The molecule has 34 heavy (non-hydrogen) atoms. The molecular formula is C26H31N3O4S. The summed E-state index contributed by atoms with van der Waals surface area (Å²) in [5, 5.41) is 5.01. The molecule has 0 spiro atoms. The summed E-state index contributed by atoms with van der Waals surface area (Å²) in [5.41, 5.74) is 2.85. The minimum absolute atomic E-state index is 0.0671. The number of para-hydroxylation sites is 1. The van der Waals surface area contributed by atoms with E-state index < -0.39 is 6.04 Å². The van der Waals surface area contributed by atoms with Crippen LogP contribution in [-0.4, -0.2) is 53.9 Å². The molecule has 3 aromatic rings. The molecule has 1 aromatic heterocycles. The van der Waals surface area contributed by atoms with Crippen LogP contribution in [0.25, 0.3) is 10.9 Å². The van der Waals surface area contributed by atoms with Gasteiger partial charge in [0.2, 0.25) is 11.8 Å². The van der Waals surface area contributed by atoms with E-state index in [1.165, 1.54) is 11.8 Å². The fourth-order valence-electron chi connectivity index (χ4n) is 4.40. The topological polar surface area (TPSA) is 72.8 Å². The van der Waals surface area contributed by atoms with Gasteiger partial charge in [0.05, 0.1) is 17.9 Å². The van der Waals surface area contributed by atoms with Crippen LogP contribution in [0, 0.1) is 0 Å².